The molecule has 7 nitrogen and oxygen atoms in total. The van der Waals surface area contributed by atoms with Crippen LogP contribution in [0.2, 0.25) is 5.02 Å². The molecule has 1 heterocycles. The lowest BCUT2D eigenvalue weighted by Gasteiger charge is -2.23. The SMILES string of the molecule is CCn1c(=O)c2cc(CC(=O)CC(C)(C)CC(=O)Cc3ccc(C#N)c(Cl)c3)ccc2n(CC)c1=O. The van der Waals surface area contributed by atoms with E-state index < -0.39 is 5.41 Å². The van der Waals surface area contributed by atoms with Crippen LogP contribution in [-0.4, -0.2) is 20.7 Å². The molecular formula is C28H30ClN3O4. The average molecular weight is 508 g/mol. The lowest BCUT2D eigenvalue weighted by Crippen LogP contribution is -2.39. The van der Waals surface area contributed by atoms with E-state index in [0.29, 0.717) is 33.6 Å². The second-order valence-electron chi connectivity index (χ2n) is 9.80. The summed E-state index contributed by atoms with van der Waals surface area (Å²) in [5.41, 5.74) is 1.11. The van der Waals surface area contributed by atoms with Crippen molar-refractivity contribution in [2.75, 3.05) is 0 Å². The summed E-state index contributed by atoms with van der Waals surface area (Å²) in [6.07, 6.45) is 0.739. The Balaban J connectivity index is 1.71. The van der Waals surface area contributed by atoms with Crippen molar-refractivity contribution in [3.63, 3.8) is 0 Å². The Morgan fingerprint density at radius 3 is 2.00 bits per heavy atom. The van der Waals surface area contributed by atoms with E-state index in [9.17, 15) is 19.2 Å². The quantitative estimate of drug-likeness (QED) is 0.403. The second kappa shape index (κ2) is 11.0. The predicted molar refractivity (Wildman–Crippen MR) is 140 cm³/mol. The Bertz CT molecular complexity index is 1490. The standard InChI is InChI=1S/C28H30ClN3O4/c1-5-31-25-10-8-18(13-23(25)26(35)32(6-2)27(31)36)11-21(33)15-28(3,4)16-22(34)12-19-7-9-20(17-30)24(29)14-19/h7-10,13-14H,5-6,11-12,15-16H2,1-4H3. The predicted octanol–water partition coefficient (Wildman–Crippen LogP) is 4.46. The van der Waals surface area contributed by atoms with Crippen molar-refractivity contribution in [3.05, 3.63) is 78.9 Å². The van der Waals surface area contributed by atoms with Gasteiger partial charge in [0.25, 0.3) is 5.56 Å². The molecule has 0 saturated heterocycles. The van der Waals surface area contributed by atoms with Gasteiger partial charge in [-0.25, -0.2) is 4.79 Å². The van der Waals surface area contributed by atoms with E-state index >= 15 is 0 Å². The van der Waals surface area contributed by atoms with Crippen molar-refractivity contribution in [3.8, 4) is 6.07 Å². The van der Waals surface area contributed by atoms with E-state index in [1.54, 1.807) is 47.9 Å². The number of carbonyl (C=O) groups is 2. The molecule has 0 aliphatic rings. The van der Waals surface area contributed by atoms with Gasteiger partial charge in [0.15, 0.2) is 0 Å². The summed E-state index contributed by atoms with van der Waals surface area (Å²) in [5.74, 6) is -0.0508. The summed E-state index contributed by atoms with van der Waals surface area (Å²) < 4.78 is 2.76. The van der Waals surface area contributed by atoms with E-state index in [0.717, 1.165) is 5.56 Å². The van der Waals surface area contributed by atoms with Gasteiger partial charge in [0.2, 0.25) is 0 Å². The van der Waals surface area contributed by atoms with Crippen molar-refractivity contribution >= 4 is 34.1 Å². The number of Topliss-reactive ketones (excluding diaryl/α,β-unsaturated/α-hetero) is 2. The van der Waals surface area contributed by atoms with Gasteiger partial charge >= 0.3 is 5.69 Å². The van der Waals surface area contributed by atoms with Crippen LogP contribution in [0.1, 0.15) is 57.2 Å². The molecule has 1 aromatic heterocycles. The third-order valence-electron chi connectivity index (χ3n) is 6.23. The molecule has 0 amide bonds. The van der Waals surface area contributed by atoms with Gasteiger partial charge in [0.1, 0.15) is 17.6 Å². The van der Waals surface area contributed by atoms with E-state index in [1.165, 1.54) is 4.57 Å². The smallest absolute Gasteiger partial charge is 0.299 e. The third kappa shape index (κ3) is 6.00. The van der Waals surface area contributed by atoms with Gasteiger partial charge in [-0.15, -0.1) is 0 Å². The summed E-state index contributed by atoms with van der Waals surface area (Å²) in [4.78, 5) is 51.0. The lowest BCUT2D eigenvalue weighted by atomic mass is 9.80. The van der Waals surface area contributed by atoms with Crippen LogP contribution >= 0.6 is 11.6 Å². The average Bonchev–Trinajstić information content (AvgIpc) is 2.79. The highest BCUT2D eigenvalue weighted by Gasteiger charge is 2.25. The fraction of sp³-hybridized carbons (Fsp3) is 0.393. The summed E-state index contributed by atoms with van der Waals surface area (Å²) >= 11 is 6.06. The first-order chi connectivity index (χ1) is 17.0. The Morgan fingerprint density at radius 2 is 1.47 bits per heavy atom. The van der Waals surface area contributed by atoms with E-state index in [2.05, 4.69) is 0 Å². The highest BCUT2D eigenvalue weighted by molar-refractivity contribution is 6.31. The molecule has 2 aromatic carbocycles. The van der Waals surface area contributed by atoms with Gasteiger partial charge in [0.05, 0.1) is 21.5 Å². The minimum Gasteiger partial charge on any atom is -0.299 e. The first-order valence-corrected chi connectivity index (χ1v) is 12.4. The first-order valence-electron chi connectivity index (χ1n) is 12.0. The van der Waals surface area contributed by atoms with Gasteiger partial charge in [-0.2, -0.15) is 5.26 Å². The molecule has 3 rings (SSSR count). The summed E-state index contributed by atoms with van der Waals surface area (Å²) in [6.45, 7) is 8.07. The zero-order chi connectivity index (χ0) is 26.6. The van der Waals surface area contributed by atoms with Crippen molar-refractivity contribution in [2.45, 2.75) is 66.5 Å². The van der Waals surface area contributed by atoms with Crippen LogP contribution in [-0.2, 0) is 35.5 Å². The van der Waals surface area contributed by atoms with Crippen LogP contribution in [0.15, 0.2) is 46.0 Å². The monoisotopic (exact) mass is 507 g/mol. The van der Waals surface area contributed by atoms with Crippen LogP contribution in [0.5, 0.6) is 0 Å². The minimum absolute atomic E-state index is 0.0167. The van der Waals surface area contributed by atoms with Crippen molar-refractivity contribution < 1.29 is 9.59 Å². The molecule has 3 aromatic rings. The lowest BCUT2D eigenvalue weighted by molar-refractivity contribution is -0.123. The Labute approximate surface area is 214 Å². The number of carbonyl (C=O) groups excluding carboxylic acids is 2. The molecule has 0 saturated carbocycles. The van der Waals surface area contributed by atoms with Crippen molar-refractivity contribution in [1.29, 1.82) is 5.26 Å². The second-order valence-corrected chi connectivity index (χ2v) is 10.2. The van der Waals surface area contributed by atoms with Crippen LogP contribution in [0.3, 0.4) is 0 Å². The number of benzene rings is 2. The fourth-order valence-electron chi connectivity index (χ4n) is 4.63. The fourth-order valence-corrected chi connectivity index (χ4v) is 4.88. The van der Waals surface area contributed by atoms with Crippen LogP contribution < -0.4 is 11.2 Å². The largest absolute Gasteiger partial charge is 0.331 e. The molecular weight excluding hydrogens is 478 g/mol. The van der Waals surface area contributed by atoms with Gasteiger partial charge < -0.3 is 0 Å². The first kappa shape index (κ1) is 27.1. The molecule has 0 fully saturated rings. The van der Waals surface area contributed by atoms with Crippen molar-refractivity contribution in [1.82, 2.24) is 9.13 Å². The van der Waals surface area contributed by atoms with Crippen molar-refractivity contribution in [2.24, 2.45) is 5.41 Å². The van der Waals surface area contributed by atoms with Crippen LogP contribution in [0, 0.1) is 16.7 Å². The number of hydrogen-bond acceptors (Lipinski definition) is 5. The summed E-state index contributed by atoms with van der Waals surface area (Å²) in [7, 11) is 0. The molecule has 0 radical (unpaired) electrons. The zero-order valence-electron chi connectivity index (χ0n) is 21.1. The Morgan fingerprint density at radius 1 is 0.917 bits per heavy atom. The summed E-state index contributed by atoms with van der Waals surface area (Å²) in [6, 6.07) is 12.1. The highest BCUT2D eigenvalue weighted by Crippen LogP contribution is 2.28. The molecule has 0 N–H and O–H groups in total. The molecule has 0 aliphatic carbocycles. The third-order valence-corrected chi connectivity index (χ3v) is 6.54. The Hall–Kier alpha value is -3.50. The molecule has 0 aliphatic heterocycles. The number of nitrogens with zero attached hydrogens (tertiary/aromatic N) is 3. The van der Waals surface area contributed by atoms with Gasteiger partial charge in [-0.1, -0.05) is 37.6 Å². The number of fused-ring (bicyclic) bond motifs is 1. The van der Waals surface area contributed by atoms with Gasteiger partial charge in [-0.3, -0.25) is 23.5 Å². The van der Waals surface area contributed by atoms with Crippen LogP contribution in [0.4, 0.5) is 0 Å². The normalized spacial score (nSPS) is 11.4. The topological polar surface area (TPSA) is 102 Å². The number of aromatic nitrogens is 2. The van der Waals surface area contributed by atoms with E-state index in [1.807, 2.05) is 26.8 Å². The number of rotatable bonds is 10. The number of hydrogen-bond donors (Lipinski definition) is 0. The Kier molecular flexibility index (Phi) is 8.31. The molecule has 0 spiro atoms. The maximum absolute atomic E-state index is 12.9. The maximum atomic E-state index is 12.9. The van der Waals surface area contributed by atoms with Gasteiger partial charge in [-0.05, 0) is 54.7 Å². The summed E-state index contributed by atoms with van der Waals surface area (Å²) in [5, 5.41) is 9.72. The number of aryl methyl sites for hydroxylation is 1. The number of ketones is 2. The molecule has 188 valence electrons. The minimum atomic E-state index is -0.543. The van der Waals surface area contributed by atoms with Crippen LogP contribution in [0.25, 0.3) is 10.9 Å². The number of nitriles is 1. The van der Waals surface area contributed by atoms with E-state index in [4.69, 9.17) is 16.9 Å². The molecule has 8 heteroatoms. The van der Waals surface area contributed by atoms with E-state index in [-0.39, 0.29) is 55.0 Å². The molecule has 0 unspecified atom stereocenters. The molecule has 0 atom stereocenters. The highest BCUT2D eigenvalue weighted by atomic mass is 35.5. The van der Waals surface area contributed by atoms with Gasteiger partial charge in [0, 0.05) is 38.8 Å². The number of halogens is 1. The molecule has 0 bridgehead atoms. The molecule has 36 heavy (non-hydrogen) atoms. The zero-order valence-corrected chi connectivity index (χ0v) is 21.8. The maximum Gasteiger partial charge on any atom is 0.331 e.